The number of amides is 2. The third-order valence-electron chi connectivity index (χ3n) is 4.25. The van der Waals surface area contributed by atoms with Crippen LogP contribution < -0.4 is 10.6 Å². The predicted molar refractivity (Wildman–Crippen MR) is 108 cm³/mol. The number of H-pyrrole nitrogens is 1. The summed E-state index contributed by atoms with van der Waals surface area (Å²) in [6.07, 6.45) is 0. The molecule has 0 aliphatic rings. The van der Waals surface area contributed by atoms with Crippen LogP contribution >= 0.6 is 11.6 Å². The Balaban J connectivity index is 1.56. The highest BCUT2D eigenvalue weighted by molar-refractivity contribution is 6.29. The van der Waals surface area contributed by atoms with E-state index in [9.17, 15) is 4.79 Å². The van der Waals surface area contributed by atoms with Crippen LogP contribution in [0.1, 0.15) is 17.2 Å². The molecule has 27 heavy (non-hydrogen) atoms. The molecule has 0 saturated carbocycles. The first-order chi connectivity index (χ1) is 13.2. The van der Waals surface area contributed by atoms with Crippen molar-refractivity contribution >= 4 is 34.4 Å². The molecule has 0 unspecified atom stereocenters. The zero-order valence-corrected chi connectivity index (χ0v) is 15.1. The maximum atomic E-state index is 12.6. The Labute approximate surface area is 161 Å². The van der Waals surface area contributed by atoms with E-state index in [4.69, 9.17) is 11.6 Å². The standard InChI is InChI=1S/C21H17ClN4O/c22-20-24-17-12-11-16(13-18(17)25-20)23-21(27)26-19(14-7-3-1-4-8-14)15-9-5-2-6-10-15/h1-13,19H,(H,24,25)(H2,23,26,27). The molecule has 0 fully saturated rings. The number of anilines is 1. The number of halogens is 1. The van der Waals surface area contributed by atoms with Crippen LogP contribution in [0.25, 0.3) is 11.0 Å². The van der Waals surface area contributed by atoms with Gasteiger partial charge in [-0.1, -0.05) is 60.7 Å². The van der Waals surface area contributed by atoms with Gasteiger partial charge in [-0.05, 0) is 40.9 Å². The lowest BCUT2D eigenvalue weighted by Crippen LogP contribution is -2.33. The number of hydrogen-bond acceptors (Lipinski definition) is 2. The van der Waals surface area contributed by atoms with Crippen molar-refractivity contribution in [3.05, 3.63) is 95.3 Å². The first kappa shape index (κ1) is 17.1. The Morgan fingerprint density at radius 1 is 0.926 bits per heavy atom. The molecular formula is C21H17ClN4O. The molecule has 0 spiro atoms. The van der Waals surface area contributed by atoms with Crippen molar-refractivity contribution < 1.29 is 4.79 Å². The number of benzene rings is 3. The maximum absolute atomic E-state index is 12.6. The molecule has 3 aromatic carbocycles. The molecule has 4 aromatic rings. The van der Waals surface area contributed by atoms with Crippen LogP contribution in [0.3, 0.4) is 0 Å². The van der Waals surface area contributed by atoms with Gasteiger partial charge in [-0.3, -0.25) is 0 Å². The first-order valence-electron chi connectivity index (χ1n) is 8.52. The van der Waals surface area contributed by atoms with Gasteiger partial charge < -0.3 is 15.6 Å². The molecule has 6 heteroatoms. The second-order valence-electron chi connectivity index (χ2n) is 6.11. The van der Waals surface area contributed by atoms with Gasteiger partial charge in [0, 0.05) is 5.69 Å². The van der Waals surface area contributed by atoms with Crippen molar-refractivity contribution in [1.82, 2.24) is 15.3 Å². The lowest BCUT2D eigenvalue weighted by atomic mass is 9.99. The van der Waals surface area contributed by atoms with Crippen LogP contribution in [0, 0.1) is 0 Å². The van der Waals surface area contributed by atoms with E-state index < -0.39 is 0 Å². The van der Waals surface area contributed by atoms with Gasteiger partial charge in [-0.2, -0.15) is 0 Å². The van der Waals surface area contributed by atoms with Crippen molar-refractivity contribution in [2.45, 2.75) is 6.04 Å². The van der Waals surface area contributed by atoms with Crippen molar-refractivity contribution in [2.75, 3.05) is 5.32 Å². The Morgan fingerprint density at radius 2 is 1.56 bits per heavy atom. The van der Waals surface area contributed by atoms with Gasteiger partial charge in [0.1, 0.15) is 0 Å². The molecule has 4 rings (SSSR count). The highest BCUT2D eigenvalue weighted by Gasteiger charge is 2.16. The molecule has 134 valence electrons. The summed E-state index contributed by atoms with van der Waals surface area (Å²) < 4.78 is 0. The highest BCUT2D eigenvalue weighted by atomic mass is 35.5. The number of imidazole rings is 1. The summed E-state index contributed by atoms with van der Waals surface area (Å²) in [6.45, 7) is 0. The molecule has 1 aromatic heterocycles. The van der Waals surface area contributed by atoms with Crippen molar-refractivity contribution in [3.8, 4) is 0 Å². The van der Waals surface area contributed by atoms with Crippen molar-refractivity contribution in [2.24, 2.45) is 0 Å². The average Bonchev–Trinajstić information content (AvgIpc) is 3.07. The second-order valence-corrected chi connectivity index (χ2v) is 6.47. The van der Waals surface area contributed by atoms with E-state index in [1.807, 2.05) is 60.7 Å². The minimum Gasteiger partial charge on any atom is -0.329 e. The van der Waals surface area contributed by atoms with E-state index in [-0.39, 0.29) is 12.1 Å². The SMILES string of the molecule is O=C(Nc1ccc2nc(Cl)[nH]c2c1)NC(c1ccccc1)c1ccccc1. The molecule has 0 atom stereocenters. The van der Waals surface area contributed by atoms with Gasteiger partial charge in [0.2, 0.25) is 5.28 Å². The van der Waals surface area contributed by atoms with Crippen LogP contribution in [-0.4, -0.2) is 16.0 Å². The zero-order valence-electron chi connectivity index (χ0n) is 14.3. The largest absolute Gasteiger partial charge is 0.329 e. The van der Waals surface area contributed by atoms with E-state index in [0.717, 1.165) is 22.2 Å². The Hall–Kier alpha value is -3.31. The summed E-state index contributed by atoms with van der Waals surface area (Å²) in [5.74, 6) is 0. The van der Waals surface area contributed by atoms with Gasteiger partial charge in [0.25, 0.3) is 0 Å². The molecule has 0 saturated heterocycles. The van der Waals surface area contributed by atoms with Crippen LogP contribution in [0.2, 0.25) is 5.28 Å². The van der Waals surface area contributed by atoms with Crippen molar-refractivity contribution in [3.63, 3.8) is 0 Å². The number of aromatic amines is 1. The average molecular weight is 377 g/mol. The number of nitrogens with zero attached hydrogens (tertiary/aromatic N) is 1. The summed E-state index contributed by atoms with van der Waals surface area (Å²) in [5, 5.41) is 6.24. The minimum atomic E-state index is -0.294. The summed E-state index contributed by atoms with van der Waals surface area (Å²) in [4.78, 5) is 19.7. The predicted octanol–water partition coefficient (Wildman–Crippen LogP) is 5.13. The highest BCUT2D eigenvalue weighted by Crippen LogP contribution is 2.23. The Kier molecular flexibility index (Phi) is 4.77. The molecule has 0 bridgehead atoms. The fraction of sp³-hybridized carbons (Fsp3) is 0.0476. The number of nitrogens with one attached hydrogen (secondary N) is 3. The maximum Gasteiger partial charge on any atom is 0.319 e. The fourth-order valence-electron chi connectivity index (χ4n) is 3.00. The summed E-state index contributed by atoms with van der Waals surface area (Å²) >= 11 is 5.88. The third-order valence-corrected chi connectivity index (χ3v) is 4.43. The van der Waals surface area contributed by atoms with Crippen molar-refractivity contribution in [1.29, 1.82) is 0 Å². The second kappa shape index (κ2) is 7.51. The third kappa shape index (κ3) is 3.93. The topological polar surface area (TPSA) is 69.8 Å². The van der Waals surface area contributed by atoms with E-state index in [2.05, 4.69) is 20.6 Å². The molecule has 0 aliphatic heterocycles. The van der Waals surface area contributed by atoms with E-state index in [1.165, 1.54) is 0 Å². The van der Waals surface area contributed by atoms with Gasteiger partial charge in [-0.15, -0.1) is 0 Å². The lowest BCUT2D eigenvalue weighted by Gasteiger charge is -2.20. The summed E-state index contributed by atoms with van der Waals surface area (Å²) in [6, 6.07) is 24.6. The number of carbonyl (C=O) groups excluding carboxylic acids is 1. The van der Waals surface area contributed by atoms with E-state index in [0.29, 0.717) is 11.0 Å². The van der Waals surface area contributed by atoms with Crippen LogP contribution in [0.4, 0.5) is 10.5 Å². The minimum absolute atomic E-state index is 0.252. The summed E-state index contributed by atoms with van der Waals surface area (Å²) in [5.41, 5.74) is 4.18. The number of carbonyl (C=O) groups is 1. The normalized spacial score (nSPS) is 10.9. The zero-order chi connectivity index (χ0) is 18.6. The van der Waals surface area contributed by atoms with Gasteiger partial charge in [0.15, 0.2) is 0 Å². The monoisotopic (exact) mass is 376 g/mol. The molecule has 2 amide bonds. The van der Waals surface area contributed by atoms with Gasteiger partial charge in [0.05, 0.1) is 17.1 Å². The number of aromatic nitrogens is 2. The first-order valence-corrected chi connectivity index (χ1v) is 8.89. The molecule has 0 radical (unpaired) electrons. The number of fused-ring (bicyclic) bond motifs is 1. The van der Waals surface area contributed by atoms with Gasteiger partial charge >= 0.3 is 6.03 Å². The fourth-order valence-corrected chi connectivity index (χ4v) is 3.20. The Morgan fingerprint density at radius 3 is 2.19 bits per heavy atom. The molecular weight excluding hydrogens is 360 g/mol. The van der Waals surface area contributed by atoms with Crippen LogP contribution in [-0.2, 0) is 0 Å². The molecule has 0 aliphatic carbocycles. The quantitative estimate of drug-likeness (QED) is 0.462. The number of rotatable bonds is 4. The van der Waals surface area contributed by atoms with Gasteiger partial charge in [-0.25, -0.2) is 9.78 Å². The number of urea groups is 1. The summed E-state index contributed by atoms with van der Waals surface area (Å²) in [7, 11) is 0. The van der Waals surface area contributed by atoms with Crippen LogP contribution in [0.15, 0.2) is 78.9 Å². The molecule has 3 N–H and O–H groups in total. The van der Waals surface area contributed by atoms with E-state index >= 15 is 0 Å². The number of hydrogen-bond donors (Lipinski definition) is 3. The smallest absolute Gasteiger partial charge is 0.319 e. The van der Waals surface area contributed by atoms with Crippen LogP contribution in [0.5, 0.6) is 0 Å². The Bertz CT molecular complexity index is 1020. The molecule has 1 heterocycles. The molecule has 5 nitrogen and oxygen atoms in total. The van der Waals surface area contributed by atoms with E-state index in [1.54, 1.807) is 18.2 Å². The lowest BCUT2D eigenvalue weighted by molar-refractivity contribution is 0.250.